The summed E-state index contributed by atoms with van der Waals surface area (Å²) in [6, 6.07) is 6.58. The summed E-state index contributed by atoms with van der Waals surface area (Å²) in [5, 5.41) is 9.50. The SMILES string of the molecule is O=C(O)C1(Cc2ccc3c(c2)CCC3)CCCS1. The second-order valence-electron chi connectivity index (χ2n) is 5.38. The van der Waals surface area contributed by atoms with E-state index in [1.54, 1.807) is 11.8 Å². The van der Waals surface area contributed by atoms with Gasteiger partial charge in [0.2, 0.25) is 0 Å². The first-order valence-electron chi connectivity index (χ1n) is 6.68. The van der Waals surface area contributed by atoms with E-state index < -0.39 is 10.7 Å². The minimum atomic E-state index is -0.634. The van der Waals surface area contributed by atoms with Crippen LogP contribution < -0.4 is 0 Å². The maximum atomic E-state index is 11.5. The third-order valence-corrected chi connectivity index (χ3v) is 5.71. The molecule has 1 heterocycles. The van der Waals surface area contributed by atoms with Gasteiger partial charge in [-0.1, -0.05) is 18.2 Å². The topological polar surface area (TPSA) is 37.3 Å². The van der Waals surface area contributed by atoms with E-state index in [9.17, 15) is 9.90 Å². The average molecular weight is 262 g/mol. The highest BCUT2D eigenvalue weighted by Crippen LogP contribution is 2.41. The highest BCUT2D eigenvalue weighted by Gasteiger charge is 2.42. The molecule has 3 heteroatoms. The summed E-state index contributed by atoms with van der Waals surface area (Å²) in [7, 11) is 0. The zero-order valence-corrected chi connectivity index (χ0v) is 11.3. The Labute approximate surface area is 112 Å². The highest BCUT2D eigenvalue weighted by atomic mass is 32.2. The van der Waals surface area contributed by atoms with Crippen LogP contribution in [0.15, 0.2) is 18.2 Å². The first kappa shape index (κ1) is 12.1. The molecule has 0 amide bonds. The third-order valence-electron chi connectivity index (χ3n) is 4.15. The lowest BCUT2D eigenvalue weighted by molar-refractivity contribution is -0.139. The fraction of sp³-hybridized carbons (Fsp3) is 0.533. The number of aliphatic carboxylic acids is 1. The van der Waals surface area contributed by atoms with Crippen LogP contribution in [0.4, 0.5) is 0 Å². The fourth-order valence-corrected chi connectivity index (χ4v) is 4.51. The lowest BCUT2D eigenvalue weighted by Gasteiger charge is -2.23. The molecular formula is C15H18O2S. The smallest absolute Gasteiger partial charge is 0.320 e. The maximum Gasteiger partial charge on any atom is 0.320 e. The number of thioether (sulfide) groups is 1. The molecule has 1 N–H and O–H groups in total. The Hall–Kier alpha value is -0.960. The number of carbonyl (C=O) groups is 1. The molecule has 2 aliphatic rings. The van der Waals surface area contributed by atoms with Crippen molar-refractivity contribution in [2.24, 2.45) is 0 Å². The number of hydrogen-bond acceptors (Lipinski definition) is 2. The zero-order chi connectivity index (χ0) is 12.6. The molecule has 1 unspecified atom stereocenters. The van der Waals surface area contributed by atoms with Gasteiger partial charge < -0.3 is 5.11 Å². The first-order valence-corrected chi connectivity index (χ1v) is 7.66. The normalized spacial score (nSPS) is 26.2. The number of carboxylic acids is 1. The van der Waals surface area contributed by atoms with Crippen LogP contribution in [0.3, 0.4) is 0 Å². The summed E-state index contributed by atoms with van der Waals surface area (Å²) < 4.78 is -0.563. The molecule has 1 aliphatic carbocycles. The number of aryl methyl sites for hydroxylation is 2. The van der Waals surface area contributed by atoms with Crippen molar-refractivity contribution in [3.63, 3.8) is 0 Å². The van der Waals surface area contributed by atoms with E-state index in [0.29, 0.717) is 6.42 Å². The molecule has 1 aliphatic heterocycles. The zero-order valence-electron chi connectivity index (χ0n) is 10.4. The average Bonchev–Trinajstić information content (AvgIpc) is 2.97. The van der Waals surface area contributed by atoms with Gasteiger partial charge in [0.1, 0.15) is 4.75 Å². The minimum absolute atomic E-state index is 0.563. The van der Waals surface area contributed by atoms with Crippen LogP contribution in [-0.2, 0) is 24.1 Å². The summed E-state index contributed by atoms with van der Waals surface area (Å²) in [5.41, 5.74) is 4.10. The first-order chi connectivity index (χ1) is 8.70. The van der Waals surface area contributed by atoms with E-state index in [1.165, 1.54) is 29.5 Å². The summed E-state index contributed by atoms with van der Waals surface area (Å²) in [6.07, 6.45) is 6.12. The Balaban J connectivity index is 1.85. The van der Waals surface area contributed by atoms with Gasteiger partial charge in [0.25, 0.3) is 0 Å². The second-order valence-corrected chi connectivity index (χ2v) is 6.86. The van der Waals surface area contributed by atoms with Gasteiger partial charge in [-0.05, 0) is 61.0 Å². The third kappa shape index (κ3) is 2.05. The van der Waals surface area contributed by atoms with E-state index in [1.807, 2.05) is 0 Å². The summed E-state index contributed by atoms with van der Waals surface area (Å²) >= 11 is 1.63. The van der Waals surface area contributed by atoms with E-state index in [0.717, 1.165) is 25.0 Å². The van der Waals surface area contributed by atoms with Gasteiger partial charge in [-0.2, -0.15) is 0 Å². The predicted molar refractivity (Wildman–Crippen MR) is 74.2 cm³/mol. The Morgan fingerprint density at radius 2 is 2.11 bits per heavy atom. The largest absolute Gasteiger partial charge is 0.480 e. The van der Waals surface area contributed by atoms with Crippen molar-refractivity contribution in [1.82, 2.24) is 0 Å². The van der Waals surface area contributed by atoms with Gasteiger partial charge in [0.05, 0.1) is 0 Å². The number of hydrogen-bond donors (Lipinski definition) is 1. The van der Waals surface area contributed by atoms with Crippen LogP contribution in [-0.4, -0.2) is 21.6 Å². The molecule has 0 spiro atoms. The van der Waals surface area contributed by atoms with Crippen molar-refractivity contribution in [2.75, 3.05) is 5.75 Å². The molecule has 18 heavy (non-hydrogen) atoms. The van der Waals surface area contributed by atoms with Gasteiger partial charge >= 0.3 is 5.97 Å². The number of rotatable bonds is 3. The van der Waals surface area contributed by atoms with Crippen LogP contribution in [0, 0.1) is 0 Å². The van der Waals surface area contributed by atoms with Crippen molar-refractivity contribution in [3.05, 3.63) is 34.9 Å². The molecule has 0 saturated carbocycles. The Morgan fingerprint density at radius 3 is 2.83 bits per heavy atom. The van der Waals surface area contributed by atoms with Crippen molar-refractivity contribution in [2.45, 2.75) is 43.3 Å². The molecule has 1 aromatic carbocycles. The fourth-order valence-electron chi connectivity index (χ4n) is 3.15. The molecule has 1 atom stereocenters. The Morgan fingerprint density at radius 1 is 1.28 bits per heavy atom. The van der Waals surface area contributed by atoms with Crippen LogP contribution in [0.5, 0.6) is 0 Å². The lowest BCUT2D eigenvalue weighted by Crippen LogP contribution is -2.34. The van der Waals surface area contributed by atoms with Gasteiger partial charge in [0.15, 0.2) is 0 Å². The molecule has 1 fully saturated rings. The number of carboxylic acid groups (broad SMARTS) is 1. The van der Waals surface area contributed by atoms with Crippen LogP contribution in [0.2, 0.25) is 0 Å². The summed E-state index contributed by atoms with van der Waals surface area (Å²) in [5.74, 6) is 0.350. The Kier molecular flexibility index (Phi) is 3.10. The Bertz CT molecular complexity index is 475. The molecule has 1 aromatic rings. The van der Waals surface area contributed by atoms with E-state index in [-0.39, 0.29) is 0 Å². The van der Waals surface area contributed by atoms with Gasteiger partial charge in [-0.3, -0.25) is 4.79 Å². The van der Waals surface area contributed by atoms with Crippen LogP contribution in [0.1, 0.15) is 36.0 Å². The predicted octanol–water partition coefficient (Wildman–Crippen LogP) is 3.07. The maximum absolute atomic E-state index is 11.5. The molecule has 96 valence electrons. The van der Waals surface area contributed by atoms with Crippen LogP contribution in [0.25, 0.3) is 0 Å². The monoisotopic (exact) mass is 262 g/mol. The van der Waals surface area contributed by atoms with Gasteiger partial charge in [-0.15, -0.1) is 11.8 Å². The highest BCUT2D eigenvalue weighted by molar-refractivity contribution is 8.01. The standard InChI is InChI=1S/C15H18O2S/c16-14(17)15(7-2-8-18-15)10-11-5-6-12-3-1-4-13(12)9-11/h5-6,9H,1-4,7-8,10H2,(H,16,17). The molecular weight excluding hydrogens is 244 g/mol. The molecule has 1 saturated heterocycles. The van der Waals surface area contributed by atoms with Crippen molar-refractivity contribution in [1.29, 1.82) is 0 Å². The quantitative estimate of drug-likeness (QED) is 0.909. The minimum Gasteiger partial charge on any atom is -0.480 e. The molecule has 2 nitrogen and oxygen atoms in total. The summed E-state index contributed by atoms with van der Waals surface area (Å²) in [6.45, 7) is 0. The molecule has 3 rings (SSSR count). The van der Waals surface area contributed by atoms with E-state index in [4.69, 9.17) is 0 Å². The summed E-state index contributed by atoms with van der Waals surface area (Å²) in [4.78, 5) is 11.5. The lowest BCUT2D eigenvalue weighted by atomic mass is 9.93. The molecule has 0 radical (unpaired) electrons. The van der Waals surface area contributed by atoms with Crippen molar-refractivity contribution >= 4 is 17.7 Å². The molecule has 0 bridgehead atoms. The van der Waals surface area contributed by atoms with E-state index in [2.05, 4.69) is 18.2 Å². The molecule has 0 aromatic heterocycles. The number of benzene rings is 1. The van der Waals surface area contributed by atoms with Crippen molar-refractivity contribution in [3.8, 4) is 0 Å². The van der Waals surface area contributed by atoms with Crippen LogP contribution >= 0.6 is 11.8 Å². The second kappa shape index (κ2) is 4.61. The van der Waals surface area contributed by atoms with Gasteiger partial charge in [-0.25, -0.2) is 0 Å². The number of fused-ring (bicyclic) bond motifs is 1. The van der Waals surface area contributed by atoms with Gasteiger partial charge in [0, 0.05) is 0 Å². The van der Waals surface area contributed by atoms with Crippen molar-refractivity contribution < 1.29 is 9.90 Å². The van der Waals surface area contributed by atoms with E-state index >= 15 is 0 Å².